The summed E-state index contributed by atoms with van der Waals surface area (Å²) in [5.74, 6) is 0.803. The smallest absolute Gasteiger partial charge is 0.137 e. The van der Waals surface area contributed by atoms with E-state index < -0.39 is 0 Å². The number of aromatic nitrogens is 1. The first kappa shape index (κ1) is 8.01. The molecule has 0 saturated heterocycles. The predicted molar refractivity (Wildman–Crippen MR) is 43.6 cm³/mol. The fourth-order valence-corrected chi connectivity index (χ4v) is 0.876. The minimum Gasteiger partial charge on any atom is -0.495 e. The maximum atomic E-state index is 5.01. The predicted octanol–water partition coefficient (Wildman–Crippen LogP) is 0.810. The molecule has 0 bridgehead atoms. The lowest BCUT2D eigenvalue weighted by atomic mass is 10.3. The van der Waals surface area contributed by atoms with E-state index in [-0.39, 0.29) is 0 Å². The van der Waals surface area contributed by atoms with Gasteiger partial charge in [-0.2, -0.15) is 0 Å². The molecule has 3 heteroatoms. The molecule has 1 rings (SSSR count). The molecule has 0 saturated carbocycles. The van der Waals surface area contributed by atoms with Gasteiger partial charge in [-0.15, -0.1) is 0 Å². The Hall–Kier alpha value is -1.09. The molecular weight excluding hydrogens is 140 g/mol. The van der Waals surface area contributed by atoms with Gasteiger partial charge in [0.25, 0.3) is 0 Å². The van der Waals surface area contributed by atoms with Crippen LogP contribution in [0.1, 0.15) is 5.56 Å². The van der Waals surface area contributed by atoms with Crippen LogP contribution >= 0.6 is 0 Å². The molecule has 1 heterocycles. The van der Waals surface area contributed by atoms with Gasteiger partial charge in [-0.05, 0) is 18.7 Å². The fourth-order valence-electron chi connectivity index (χ4n) is 0.876. The minimum atomic E-state index is 0.803. The SMILES string of the molecule is CNCc1cncc(OC)c1. The Kier molecular flexibility index (Phi) is 2.86. The molecule has 60 valence electrons. The highest BCUT2D eigenvalue weighted by Gasteiger charge is 1.93. The van der Waals surface area contributed by atoms with E-state index in [9.17, 15) is 0 Å². The summed E-state index contributed by atoms with van der Waals surface area (Å²) in [6.45, 7) is 0.824. The molecule has 11 heavy (non-hydrogen) atoms. The van der Waals surface area contributed by atoms with Crippen molar-refractivity contribution >= 4 is 0 Å². The van der Waals surface area contributed by atoms with E-state index in [0.717, 1.165) is 17.9 Å². The van der Waals surface area contributed by atoms with Gasteiger partial charge in [-0.25, -0.2) is 0 Å². The van der Waals surface area contributed by atoms with Crippen molar-refractivity contribution in [3.63, 3.8) is 0 Å². The summed E-state index contributed by atoms with van der Waals surface area (Å²) in [5.41, 5.74) is 1.13. The molecule has 0 atom stereocenters. The van der Waals surface area contributed by atoms with E-state index >= 15 is 0 Å². The Morgan fingerprint density at radius 2 is 2.36 bits per heavy atom. The van der Waals surface area contributed by atoms with E-state index in [1.54, 1.807) is 13.3 Å². The van der Waals surface area contributed by atoms with Gasteiger partial charge < -0.3 is 10.1 Å². The summed E-state index contributed by atoms with van der Waals surface area (Å²) in [6, 6.07) is 1.96. The maximum Gasteiger partial charge on any atom is 0.137 e. The lowest BCUT2D eigenvalue weighted by molar-refractivity contribution is 0.412. The van der Waals surface area contributed by atoms with Crippen LogP contribution in [0.5, 0.6) is 5.75 Å². The highest BCUT2D eigenvalue weighted by molar-refractivity contribution is 5.23. The van der Waals surface area contributed by atoms with Gasteiger partial charge in [0.1, 0.15) is 5.75 Å². The average molecular weight is 152 g/mol. The largest absolute Gasteiger partial charge is 0.495 e. The van der Waals surface area contributed by atoms with Crippen molar-refractivity contribution in [2.75, 3.05) is 14.2 Å². The van der Waals surface area contributed by atoms with Crippen LogP contribution in [0, 0.1) is 0 Å². The number of hydrogen-bond acceptors (Lipinski definition) is 3. The van der Waals surface area contributed by atoms with E-state index in [1.807, 2.05) is 19.3 Å². The molecule has 0 aromatic carbocycles. The molecule has 0 fully saturated rings. The van der Waals surface area contributed by atoms with Crippen molar-refractivity contribution < 1.29 is 4.74 Å². The van der Waals surface area contributed by atoms with E-state index in [1.165, 1.54) is 0 Å². The molecule has 0 aliphatic heterocycles. The lowest BCUT2D eigenvalue weighted by Crippen LogP contribution is -2.05. The summed E-state index contributed by atoms with van der Waals surface area (Å²) in [7, 11) is 3.54. The zero-order chi connectivity index (χ0) is 8.10. The first-order chi connectivity index (χ1) is 5.36. The van der Waals surface area contributed by atoms with Crippen molar-refractivity contribution in [3.8, 4) is 5.75 Å². The highest BCUT2D eigenvalue weighted by atomic mass is 16.5. The second-order valence-electron chi connectivity index (χ2n) is 2.26. The summed E-state index contributed by atoms with van der Waals surface area (Å²) in [4.78, 5) is 4.01. The normalized spacial score (nSPS) is 9.64. The monoisotopic (exact) mass is 152 g/mol. The van der Waals surface area contributed by atoms with Gasteiger partial charge in [-0.3, -0.25) is 4.98 Å². The van der Waals surface area contributed by atoms with Crippen LogP contribution in [0.3, 0.4) is 0 Å². The van der Waals surface area contributed by atoms with Gasteiger partial charge >= 0.3 is 0 Å². The third-order valence-corrected chi connectivity index (χ3v) is 1.39. The minimum absolute atomic E-state index is 0.803. The first-order valence-corrected chi connectivity index (χ1v) is 3.49. The van der Waals surface area contributed by atoms with Crippen LogP contribution in [0.2, 0.25) is 0 Å². The zero-order valence-corrected chi connectivity index (χ0v) is 6.79. The van der Waals surface area contributed by atoms with E-state index in [0.29, 0.717) is 0 Å². The van der Waals surface area contributed by atoms with Gasteiger partial charge in [0.05, 0.1) is 13.3 Å². The molecule has 0 amide bonds. The molecule has 0 aliphatic carbocycles. The third-order valence-electron chi connectivity index (χ3n) is 1.39. The fraction of sp³-hybridized carbons (Fsp3) is 0.375. The molecular formula is C8H12N2O. The van der Waals surface area contributed by atoms with Gasteiger partial charge in [-0.1, -0.05) is 0 Å². The zero-order valence-electron chi connectivity index (χ0n) is 6.79. The number of nitrogens with zero attached hydrogens (tertiary/aromatic N) is 1. The van der Waals surface area contributed by atoms with Gasteiger partial charge in [0, 0.05) is 12.7 Å². The second kappa shape index (κ2) is 3.93. The molecule has 0 radical (unpaired) electrons. The number of nitrogens with one attached hydrogen (secondary N) is 1. The lowest BCUT2D eigenvalue weighted by Gasteiger charge is -2.01. The molecule has 1 aromatic rings. The highest BCUT2D eigenvalue weighted by Crippen LogP contribution is 2.09. The topological polar surface area (TPSA) is 34.2 Å². The van der Waals surface area contributed by atoms with Crippen LogP contribution < -0.4 is 10.1 Å². The number of hydrogen-bond donors (Lipinski definition) is 1. The van der Waals surface area contributed by atoms with Crippen molar-refractivity contribution in [2.24, 2.45) is 0 Å². The van der Waals surface area contributed by atoms with Crippen molar-refractivity contribution in [3.05, 3.63) is 24.0 Å². The summed E-state index contributed by atoms with van der Waals surface area (Å²) < 4.78 is 5.01. The Labute approximate surface area is 66.4 Å². The molecule has 0 unspecified atom stereocenters. The van der Waals surface area contributed by atoms with E-state index in [4.69, 9.17) is 4.74 Å². The molecule has 1 aromatic heterocycles. The van der Waals surface area contributed by atoms with Crippen LogP contribution in [0.25, 0.3) is 0 Å². The first-order valence-electron chi connectivity index (χ1n) is 3.49. The molecule has 1 N–H and O–H groups in total. The van der Waals surface area contributed by atoms with Gasteiger partial charge in [0.15, 0.2) is 0 Å². The Morgan fingerprint density at radius 3 is 3.00 bits per heavy atom. The molecule has 0 spiro atoms. The number of ether oxygens (including phenoxy) is 1. The van der Waals surface area contributed by atoms with Crippen molar-refractivity contribution in [2.45, 2.75) is 6.54 Å². The Bertz CT molecular complexity index is 225. The standard InChI is InChI=1S/C8H12N2O/c1-9-4-7-3-8(11-2)6-10-5-7/h3,5-6,9H,4H2,1-2H3. The maximum absolute atomic E-state index is 5.01. The summed E-state index contributed by atoms with van der Waals surface area (Å²) >= 11 is 0. The molecule has 0 aliphatic rings. The third kappa shape index (κ3) is 2.20. The number of rotatable bonds is 3. The van der Waals surface area contributed by atoms with Crippen molar-refractivity contribution in [1.29, 1.82) is 0 Å². The second-order valence-corrected chi connectivity index (χ2v) is 2.26. The quantitative estimate of drug-likeness (QED) is 0.696. The number of pyridine rings is 1. The Morgan fingerprint density at radius 1 is 1.55 bits per heavy atom. The summed E-state index contributed by atoms with van der Waals surface area (Å²) in [5, 5.41) is 3.04. The van der Waals surface area contributed by atoms with E-state index in [2.05, 4.69) is 10.3 Å². The van der Waals surface area contributed by atoms with Crippen LogP contribution in [-0.4, -0.2) is 19.1 Å². The van der Waals surface area contributed by atoms with Crippen LogP contribution in [0.15, 0.2) is 18.5 Å². The summed E-state index contributed by atoms with van der Waals surface area (Å²) in [6.07, 6.45) is 3.51. The molecule has 3 nitrogen and oxygen atoms in total. The number of methoxy groups -OCH3 is 1. The average Bonchev–Trinajstić information content (AvgIpc) is 2.06. The van der Waals surface area contributed by atoms with Crippen molar-refractivity contribution in [1.82, 2.24) is 10.3 Å². The van der Waals surface area contributed by atoms with Crippen LogP contribution in [0.4, 0.5) is 0 Å². The Balaban J connectivity index is 2.74. The van der Waals surface area contributed by atoms with Gasteiger partial charge in [0.2, 0.25) is 0 Å². The van der Waals surface area contributed by atoms with Crippen LogP contribution in [-0.2, 0) is 6.54 Å².